The number of benzene rings is 2. The van der Waals surface area contributed by atoms with Gasteiger partial charge in [-0.15, -0.1) is 0 Å². The largest absolute Gasteiger partial charge is 0.484 e. The van der Waals surface area contributed by atoms with Crippen molar-refractivity contribution in [2.75, 3.05) is 11.9 Å². The van der Waals surface area contributed by atoms with Gasteiger partial charge in [0.05, 0.1) is 5.69 Å². The summed E-state index contributed by atoms with van der Waals surface area (Å²) < 4.78 is 6.36. The first-order valence-electron chi connectivity index (χ1n) is 7.18. The average Bonchev–Trinajstić information content (AvgIpc) is 2.60. The number of nitrogens with zero attached hydrogens (tertiary/aromatic N) is 1. The highest BCUT2D eigenvalue weighted by Gasteiger charge is 2.07. The van der Waals surface area contributed by atoms with Gasteiger partial charge in [0.15, 0.2) is 6.61 Å². The average molecular weight is 447 g/mol. The number of nitrogens with one attached hydrogen (secondary N) is 1. The minimum absolute atomic E-state index is 0.134. The highest BCUT2D eigenvalue weighted by atomic mass is 127. The Balaban J connectivity index is 1.94. The summed E-state index contributed by atoms with van der Waals surface area (Å²) in [5.41, 5.74) is 6.31. The number of hydrogen-bond donors (Lipinski definition) is 2. The van der Waals surface area contributed by atoms with Gasteiger partial charge in [-0.1, -0.05) is 24.3 Å². The van der Waals surface area contributed by atoms with E-state index in [-0.39, 0.29) is 18.1 Å². The fourth-order valence-corrected chi connectivity index (χ4v) is 2.41. The number of carbonyl (C=O) groups excluding carboxylic acids is 2. The number of carbonyl (C=O) groups is 2. The molecule has 25 heavy (non-hydrogen) atoms. The maximum atomic E-state index is 11.9. The molecule has 126 valence electrons. The van der Waals surface area contributed by atoms with Crippen molar-refractivity contribution in [1.82, 2.24) is 0 Å². The van der Waals surface area contributed by atoms with Gasteiger partial charge < -0.3 is 15.8 Å². The first kappa shape index (κ1) is 18.5. The molecule has 2 aromatic carbocycles. The minimum Gasteiger partial charge on any atom is -0.484 e. The predicted molar refractivity (Wildman–Crippen MR) is 103 cm³/mol. The van der Waals surface area contributed by atoms with Crippen LogP contribution in [0.5, 0.6) is 5.75 Å². The molecule has 0 aliphatic carbocycles. The van der Waals surface area contributed by atoms with Gasteiger partial charge in [-0.3, -0.25) is 9.59 Å². The molecule has 0 atom stereocenters. The topological polar surface area (TPSA) is 105 Å². The van der Waals surface area contributed by atoms with Crippen molar-refractivity contribution >= 4 is 46.2 Å². The van der Waals surface area contributed by atoms with Crippen molar-refractivity contribution in [3.05, 3.63) is 63.2 Å². The second-order valence-corrected chi connectivity index (χ2v) is 6.08. The number of anilines is 1. The zero-order chi connectivity index (χ0) is 18.2. The molecule has 0 aliphatic rings. The Morgan fingerprint density at radius 1 is 1.20 bits per heavy atom. The van der Waals surface area contributed by atoms with E-state index in [1.54, 1.807) is 30.3 Å². The van der Waals surface area contributed by atoms with Gasteiger partial charge in [0, 0.05) is 3.57 Å². The number of para-hydroxylation sites is 1. The van der Waals surface area contributed by atoms with E-state index in [0.717, 1.165) is 9.26 Å². The lowest BCUT2D eigenvalue weighted by atomic mass is 10.1. The summed E-state index contributed by atoms with van der Waals surface area (Å²) in [4.78, 5) is 22.9. The SMILES string of the molecule is N#C/C(=C\c1ccc(OCC(=O)Nc2ccccc2I)cc1)C(N)=O. The van der Waals surface area contributed by atoms with Crippen LogP contribution in [0, 0.1) is 14.9 Å². The molecule has 6 nitrogen and oxygen atoms in total. The van der Waals surface area contributed by atoms with Gasteiger partial charge in [0.2, 0.25) is 0 Å². The molecule has 0 aliphatic heterocycles. The van der Waals surface area contributed by atoms with E-state index >= 15 is 0 Å². The molecule has 0 fully saturated rings. The van der Waals surface area contributed by atoms with Crippen LogP contribution in [0.4, 0.5) is 5.69 Å². The predicted octanol–water partition coefficient (Wildman–Crippen LogP) is 2.70. The maximum absolute atomic E-state index is 11.9. The minimum atomic E-state index is -0.782. The third-order valence-corrected chi connectivity index (χ3v) is 4.04. The Morgan fingerprint density at radius 3 is 2.48 bits per heavy atom. The summed E-state index contributed by atoms with van der Waals surface area (Å²) in [6, 6.07) is 15.8. The van der Waals surface area contributed by atoms with Crippen LogP contribution < -0.4 is 15.8 Å². The number of hydrogen-bond acceptors (Lipinski definition) is 4. The molecule has 0 unspecified atom stereocenters. The molecule has 0 bridgehead atoms. The molecule has 2 rings (SSSR count). The third kappa shape index (κ3) is 5.61. The standard InChI is InChI=1S/C18H14IN3O3/c19-15-3-1-2-4-16(15)22-17(23)11-25-14-7-5-12(6-8-14)9-13(10-20)18(21)24/h1-9H,11H2,(H2,21,24)(H,22,23)/b13-9+. The Hall–Kier alpha value is -2.86. The quantitative estimate of drug-likeness (QED) is 0.404. The Kier molecular flexibility index (Phi) is 6.54. The molecule has 2 amide bonds. The highest BCUT2D eigenvalue weighted by Crippen LogP contribution is 2.17. The second kappa shape index (κ2) is 8.84. The normalized spacial score (nSPS) is 10.6. The second-order valence-electron chi connectivity index (χ2n) is 4.92. The van der Waals surface area contributed by atoms with E-state index < -0.39 is 5.91 Å². The lowest BCUT2D eigenvalue weighted by Gasteiger charge is -2.09. The first-order chi connectivity index (χ1) is 12.0. The summed E-state index contributed by atoms with van der Waals surface area (Å²) >= 11 is 2.14. The number of ether oxygens (including phenoxy) is 1. The molecule has 0 radical (unpaired) electrons. The molecule has 0 heterocycles. The molecule has 7 heteroatoms. The van der Waals surface area contributed by atoms with Crippen LogP contribution in [0.25, 0.3) is 6.08 Å². The number of amides is 2. The molecular weight excluding hydrogens is 433 g/mol. The van der Waals surface area contributed by atoms with Crippen LogP contribution in [-0.4, -0.2) is 18.4 Å². The number of rotatable bonds is 6. The Morgan fingerprint density at radius 2 is 1.88 bits per heavy atom. The zero-order valence-electron chi connectivity index (χ0n) is 13.0. The van der Waals surface area contributed by atoms with Gasteiger partial charge in [-0.25, -0.2) is 0 Å². The van der Waals surface area contributed by atoms with Gasteiger partial charge in [0.25, 0.3) is 11.8 Å². The molecule has 0 saturated carbocycles. The fourth-order valence-electron chi connectivity index (χ4n) is 1.88. The van der Waals surface area contributed by atoms with Gasteiger partial charge in [-0.05, 0) is 58.5 Å². The number of nitriles is 1. The van der Waals surface area contributed by atoms with Crippen LogP contribution in [0.2, 0.25) is 0 Å². The summed E-state index contributed by atoms with van der Waals surface area (Å²) in [7, 11) is 0. The van der Waals surface area contributed by atoms with Crippen LogP contribution in [0.1, 0.15) is 5.56 Å². The van der Waals surface area contributed by atoms with Crippen LogP contribution in [-0.2, 0) is 9.59 Å². The molecule has 0 spiro atoms. The zero-order valence-corrected chi connectivity index (χ0v) is 15.2. The van der Waals surface area contributed by atoms with Crippen molar-refractivity contribution in [3.63, 3.8) is 0 Å². The smallest absolute Gasteiger partial charge is 0.262 e. The van der Waals surface area contributed by atoms with Crippen LogP contribution in [0.15, 0.2) is 54.1 Å². The van der Waals surface area contributed by atoms with Crippen molar-refractivity contribution < 1.29 is 14.3 Å². The van der Waals surface area contributed by atoms with Gasteiger partial charge in [-0.2, -0.15) is 5.26 Å². The van der Waals surface area contributed by atoms with Crippen molar-refractivity contribution in [1.29, 1.82) is 5.26 Å². The van der Waals surface area contributed by atoms with Crippen LogP contribution in [0.3, 0.4) is 0 Å². The molecule has 0 saturated heterocycles. The number of halogens is 1. The molecular formula is C18H14IN3O3. The molecule has 2 aromatic rings. The van der Waals surface area contributed by atoms with Crippen molar-refractivity contribution in [3.8, 4) is 11.8 Å². The Labute approximate surface area is 158 Å². The van der Waals surface area contributed by atoms with E-state index in [0.29, 0.717) is 11.3 Å². The maximum Gasteiger partial charge on any atom is 0.262 e. The summed E-state index contributed by atoms with van der Waals surface area (Å²) in [6.07, 6.45) is 1.39. The number of nitrogens with two attached hydrogens (primary N) is 1. The summed E-state index contributed by atoms with van der Waals surface area (Å²) in [6.45, 7) is -0.134. The van der Waals surface area contributed by atoms with Gasteiger partial charge in [0.1, 0.15) is 17.4 Å². The van der Waals surface area contributed by atoms with Gasteiger partial charge >= 0.3 is 0 Å². The van der Waals surface area contributed by atoms with Crippen molar-refractivity contribution in [2.45, 2.75) is 0 Å². The van der Waals surface area contributed by atoms with E-state index in [4.69, 9.17) is 15.7 Å². The van der Waals surface area contributed by atoms with E-state index in [1.165, 1.54) is 6.08 Å². The third-order valence-electron chi connectivity index (χ3n) is 3.09. The highest BCUT2D eigenvalue weighted by molar-refractivity contribution is 14.1. The first-order valence-corrected chi connectivity index (χ1v) is 8.26. The Bertz CT molecular complexity index is 855. The lowest BCUT2D eigenvalue weighted by Crippen LogP contribution is -2.20. The van der Waals surface area contributed by atoms with Crippen LogP contribution >= 0.6 is 22.6 Å². The molecule has 3 N–H and O–H groups in total. The summed E-state index contributed by atoms with van der Waals surface area (Å²) in [5, 5.41) is 11.6. The van der Waals surface area contributed by atoms with E-state index in [9.17, 15) is 9.59 Å². The summed E-state index contributed by atoms with van der Waals surface area (Å²) in [5.74, 6) is -0.559. The lowest BCUT2D eigenvalue weighted by molar-refractivity contribution is -0.118. The number of primary amides is 1. The van der Waals surface area contributed by atoms with E-state index in [2.05, 4.69) is 27.9 Å². The molecule has 0 aromatic heterocycles. The fraction of sp³-hybridized carbons (Fsp3) is 0.0556. The monoisotopic (exact) mass is 447 g/mol. The van der Waals surface area contributed by atoms with Crippen molar-refractivity contribution in [2.24, 2.45) is 5.73 Å². The van der Waals surface area contributed by atoms with E-state index in [1.807, 2.05) is 24.3 Å².